The Hall–Kier alpha value is -2.91. The third kappa shape index (κ3) is 4.55. The maximum Gasteiger partial charge on any atom is 0.339 e. The molecule has 2 rings (SSSR count). The number of nitrogens with one attached hydrogen (secondary N) is 1. The lowest BCUT2D eigenvalue weighted by atomic mass is 10.2. The molecule has 0 heterocycles. The number of rotatable bonds is 6. The average Bonchev–Trinajstić information content (AvgIpc) is 2.53. The lowest BCUT2D eigenvalue weighted by molar-refractivity contribution is -0.118. The minimum atomic E-state index is -4.09. The SMILES string of the molecule is Cc1ccccc1S(=O)(=O)OCC(=O)Nc1ccc(C(=O)O)c(O)c1. The topological polar surface area (TPSA) is 130 Å². The third-order valence-electron chi connectivity index (χ3n) is 3.22. The van der Waals surface area contributed by atoms with Gasteiger partial charge < -0.3 is 15.5 Å². The molecule has 0 atom stereocenters. The molecule has 9 heteroatoms. The molecule has 3 N–H and O–H groups in total. The summed E-state index contributed by atoms with van der Waals surface area (Å²) >= 11 is 0. The molecule has 0 saturated heterocycles. The molecule has 1 amide bonds. The lowest BCUT2D eigenvalue weighted by Crippen LogP contribution is -2.21. The van der Waals surface area contributed by atoms with Crippen molar-refractivity contribution in [3.63, 3.8) is 0 Å². The van der Waals surface area contributed by atoms with Gasteiger partial charge in [-0.05, 0) is 30.7 Å². The van der Waals surface area contributed by atoms with Gasteiger partial charge in [-0.15, -0.1) is 0 Å². The maximum absolute atomic E-state index is 12.1. The Morgan fingerprint density at radius 1 is 1.16 bits per heavy atom. The quantitative estimate of drug-likeness (QED) is 0.665. The zero-order valence-corrected chi connectivity index (χ0v) is 13.9. The molecule has 0 saturated carbocycles. The van der Waals surface area contributed by atoms with E-state index in [0.717, 1.165) is 12.1 Å². The first-order valence-corrected chi connectivity index (χ1v) is 8.43. The summed E-state index contributed by atoms with van der Waals surface area (Å²) < 4.78 is 28.9. The predicted octanol–water partition coefficient (Wildman–Crippen LogP) is 1.74. The fourth-order valence-corrected chi connectivity index (χ4v) is 3.12. The Balaban J connectivity index is 2.03. The van der Waals surface area contributed by atoms with Crippen LogP contribution in [0.5, 0.6) is 5.75 Å². The molecule has 0 radical (unpaired) electrons. The van der Waals surface area contributed by atoms with Crippen molar-refractivity contribution in [3.05, 3.63) is 53.6 Å². The van der Waals surface area contributed by atoms with Gasteiger partial charge in [0.25, 0.3) is 16.0 Å². The first-order chi connectivity index (χ1) is 11.7. The van der Waals surface area contributed by atoms with Gasteiger partial charge in [0.05, 0.1) is 4.90 Å². The normalized spacial score (nSPS) is 11.1. The van der Waals surface area contributed by atoms with Crippen LogP contribution in [0.3, 0.4) is 0 Å². The van der Waals surface area contributed by atoms with Crippen molar-refractivity contribution in [2.75, 3.05) is 11.9 Å². The van der Waals surface area contributed by atoms with Crippen LogP contribution in [0.1, 0.15) is 15.9 Å². The molecule has 2 aromatic carbocycles. The van der Waals surface area contributed by atoms with E-state index < -0.39 is 34.4 Å². The minimum Gasteiger partial charge on any atom is -0.507 e. The molecule has 0 aliphatic heterocycles. The van der Waals surface area contributed by atoms with Gasteiger partial charge in [0.2, 0.25) is 0 Å². The van der Waals surface area contributed by atoms with Crippen molar-refractivity contribution in [1.82, 2.24) is 0 Å². The first-order valence-electron chi connectivity index (χ1n) is 7.02. The highest BCUT2D eigenvalue weighted by Gasteiger charge is 2.19. The van der Waals surface area contributed by atoms with E-state index in [1.165, 1.54) is 18.2 Å². The number of phenols is 1. The van der Waals surface area contributed by atoms with E-state index in [4.69, 9.17) is 9.29 Å². The smallest absolute Gasteiger partial charge is 0.339 e. The van der Waals surface area contributed by atoms with Gasteiger partial charge in [-0.25, -0.2) is 4.79 Å². The van der Waals surface area contributed by atoms with E-state index in [2.05, 4.69) is 5.32 Å². The molecule has 0 unspecified atom stereocenters. The molecular weight excluding hydrogens is 350 g/mol. The van der Waals surface area contributed by atoms with E-state index >= 15 is 0 Å². The van der Waals surface area contributed by atoms with E-state index in [-0.39, 0.29) is 16.1 Å². The summed E-state index contributed by atoms with van der Waals surface area (Å²) in [6, 6.07) is 9.59. The lowest BCUT2D eigenvalue weighted by Gasteiger charge is -2.09. The number of carbonyl (C=O) groups is 2. The zero-order valence-electron chi connectivity index (χ0n) is 13.1. The van der Waals surface area contributed by atoms with Gasteiger partial charge in [0.15, 0.2) is 0 Å². The standard InChI is InChI=1S/C16H15NO7S/c1-10-4-2-3-5-14(10)25(22,23)24-9-15(19)17-11-6-7-12(16(20)21)13(18)8-11/h2-8,18H,9H2,1H3,(H,17,19)(H,20,21). The van der Waals surface area contributed by atoms with E-state index in [1.807, 2.05) is 0 Å². The molecule has 0 spiro atoms. The minimum absolute atomic E-state index is 0.0359. The van der Waals surface area contributed by atoms with Crippen molar-refractivity contribution in [2.45, 2.75) is 11.8 Å². The Morgan fingerprint density at radius 3 is 2.44 bits per heavy atom. The second-order valence-corrected chi connectivity index (χ2v) is 6.65. The number of aryl methyl sites for hydroxylation is 1. The van der Waals surface area contributed by atoms with Crippen LogP contribution in [0, 0.1) is 6.92 Å². The number of hydrogen-bond acceptors (Lipinski definition) is 6. The number of benzene rings is 2. The molecule has 0 fully saturated rings. The van der Waals surface area contributed by atoms with Crippen molar-refractivity contribution >= 4 is 27.7 Å². The molecule has 8 nitrogen and oxygen atoms in total. The number of carboxylic acids is 1. The van der Waals surface area contributed by atoms with Crippen LogP contribution in [0.15, 0.2) is 47.4 Å². The molecule has 0 aliphatic carbocycles. The Labute approximate surface area is 143 Å². The van der Waals surface area contributed by atoms with Crippen LogP contribution in [0.2, 0.25) is 0 Å². The molecule has 2 aromatic rings. The maximum atomic E-state index is 12.1. The van der Waals surface area contributed by atoms with Gasteiger partial charge in [-0.1, -0.05) is 18.2 Å². The molecule has 0 aliphatic rings. The molecule has 25 heavy (non-hydrogen) atoms. The van der Waals surface area contributed by atoms with Crippen LogP contribution in [0.25, 0.3) is 0 Å². The summed E-state index contributed by atoms with van der Waals surface area (Å²) in [5, 5.41) is 20.7. The second-order valence-electron chi connectivity index (χ2n) is 5.07. The predicted molar refractivity (Wildman–Crippen MR) is 88.0 cm³/mol. The van der Waals surface area contributed by atoms with E-state index in [0.29, 0.717) is 5.56 Å². The summed E-state index contributed by atoms with van der Waals surface area (Å²) in [5.74, 6) is -2.62. The molecular formula is C16H15NO7S. The van der Waals surface area contributed by atoms with Crippen molar-refractivity contribution in [3.8, 4) is 5.75 Å². The fraction of sp³-hybridized carbons (Fsp3) is 0.125. The van der Waals surface area contributed by atoms with Crippen LogP contribution < -0.4 is 5.32 Å². The number of carbonyl (C=O) groups excluding carboxylic acids is 1. The highest BCUT2D eigenvalue weighted by molar-refractivity contribution is 7.86. The van der Waals surface area contributed by atoms with Crippen molar-refractivity contribution < 1.29 is 32.4 Å². The highest BCUT2D eigenvalue weighted by Crippen LogP contribution is 2.22. The van der Waals surface area contributed by atoms with Gasteiger partial charge in [0, 0.05) is 11.8 Å². The summed E-state index contributed by atoms with van der Waals surface area (Å²) in [6.45, 7) is 0.835. The van der Waals surface area contributed by atoms with E-state index in [1.54, 1.807) is 19.1 Å². The summed E-state index contributed by atoms with van der Waals surface area (Å²) in [7, 11) is -4.09. The van der Waals surface area contributed by atoms with Gasteiger partial charge in [0.1, 0.15) is 17.9 Å². The number of aromatic carboxylic acids is 1. The average molecular weight is 365 g/mol. The molecule has 0 bridgehead atoms. The number of hydrogen-bond donors (Lipinski definition) is 3. The van der Waals surface area contributed by atoms with Crippen LogP contribution in [-0.4, -0.2) is 37.1 Å². The van der Waals surface area contributed by atoms with Crippen LogP contribution >= 0.6 is 0 Å². The number of anilines is 1. The van der Waals surface area contributed by atoms with E-state index in [9.17, 15) is 23.1 Å². The largest absolute Gasteiger partial charge is 0.507 e. The van der Waals surface area contributed by atoms with Crippen LogP contribution in [0.4, 0.5) is 5.69 Å². The summed E-state index contributed by atoms with van der Waals surface area (Å²) in [6.07, 6.45) is 0. The second kappa shape index (κ2) is 7.32. The third-order valence-corrected chi connectivity index (χ3v) is 4.64. The summed E-state index contributed by atoms with van der Waals surface area (Å²) in [5.41, 5.74) is 0.262. The Morgan fingerprint density at radius 2 is 1.84 bits per heavy atom. The van der Waals surface area contributed by atoms with Crippen molar-refractivity contribution in [1.29, 1.82) is 0 Å². The summed E-state index contributed by atoms with van der Waals surface area (Å²) in [4.78, 5) is 22.6. The molecule has 0 aromatic heterocycles. The first kappa shape index (κ1) is 18.4. The van der Waals surface area contributed by atoms with Crippen molar-refractivity contribution in [2.24, 2.45) is 0 Å². The fourth-order valence-electron chi connectivity index (χ4n) is 2.02. The number of aromatic hydroxyl groups is 1. The Kier molecular flexibility index (Phi) is 5.40. The Bertz CT molecular complexity index is 922. The highest BCUT2D eigenvalue weighted by atomic mass is 32.2. The van der Waals surface area contributed by atoms with Gasteiger partial charge >= 0.3 is 5.97 Å². The monoisotopic (exact) mass is 365 g/mol. The number of amides is 1. The zero-order chi connectivity index (χ0) is 18.6. The number of carboxylic acid groups (broad SMARTS) is 1. The molecule has 132 valence electrons. The van der Waals surface area contributed by atoms with Gasteiger partial charge in [-0.3, -0.25) is 8.98 Å². The van der Waals surface area contributed by atoms with Crippen LogP contribution in [-0.2, 0) is 19.1 Å². The van der Waals surface area contributed by atoms with Gasteiger partial charge in [-0.2, -0.15) is 8.42 Å².